The predicted octanol–water partition coefficient (Wildman–Crippen LogP) is 3.62. The van der Waals surface area contributed by atoms with Gasteiger partial charge in [-0.2, -0.15) is 17.5 Å². The Hall–Kier alpha value is -2.49. The van der Waals surface area contributed by atoms with Crippen molar-refractivity contribution in [3.05, 3.63) is 71.3 Å². The lowest BCUT2D eigenvalue weighted by atomic mass is 10.1. The van der Waals surface area contributed by atoms with Gasteiger partial charge >= 0.3 is 6.18 Å². The molecule has 0 bridgehead atoms. The summed E-state index contributed by atoms with van der Waals surface area (Å²) < 4.78 is 69.3. The fraction of sp³-hybridized carbons (Fsp3) is 0.250. The van der Waals surface area contributed by atoms with Gasteiger partial charge in [0.15, 0.2) is 5.78 Å². The summed E-state index contributed by atoms with van der Waals surface area (Å²) in [5, 5.41) is 0. The average molecular weight is 425 g/mol. The lowest BCUT2D eigenvalue weighted by Gasteiger charge is -2.26. The largest absolute Gasteiger partial charge is 0.416 e. The van der Waals surface area contributed by atoms with Crippen LogP contribution < -0.4 is 0 Å². The van der Waals surface area contributed by atoms with Gasteiger partial charge in [0.2, 0.25) is 10.0 Å². The van der Waals surface area contributed by atoms with Gasteiger partial charge < -0.3 is 4.74 Å². The van der Waals surface area contributed by atoms with Gasteiger partial charge in [-0.25, -0.2) is 8.42 Å². The second kappa shape index (κ2) is 8.48. The third-order valence-corrected chi connectivity index (χ3v) is 6.32. The summed E-state index contributed by atoms with van der Waals surface area (Å²) in [6, 6.07) is 9.97. The molecule has 29 heavy (non-hydrogen) atoms. The zero-order chi connectivity index (χ0) is 21.1. The first-order chi connectivity index (χ1) is 13.7. The minimum absolute atomic E-state index is 0.0858. The molecule has 1 aliphatic rings. The van der Waals surface area contributed by atoms with E-state index in [-0.39, 0.29) is 29.3 Å². The maximum Gasteiger partial charge on any atom is 0.416 e. The fourth-order valence-corrected chi connectivity index (χ4v) is 4.19. The lowest BCUT2D eigenvalue weighted by molar-refractivity contribution is -0.137. The molecule has 0 atom stereocenters. The number of sulfonamides is 1. The number of hydrogen-bond donors (Lipinski definition) is 0. The number of alkyl halides is 3. The number of nitrogens with zero attached hydrogens (tertiary/aromatic N) is 1. The van der Waals surface area contributed by atoms with E-state index in [4.69, 9.17) is 4.74 Å². The van der Waals surface area contributed by atoms with Gasteiger partial charge in [-0.05, 0) is 48.0 Å². The Labute approximate surface area is 166 Å². The highest BCUT2D eigenvalue weighted by molar-refractivity contribution is 7.89. The molecule has 2 aromatic carbocycles. The summed E-state index contributed by atoms with van der Waals surface area (Å²) in [6.45, 7) is 1.23. The minimum Gasteiger partial charge on any atom is -0.379 e. The standard InChI is InChI=1S/C20H18F3NO4S/c21-20(22,23)17-6-1-15(2-7-17)3-10-19(25)16-4-8-18(9-5-16)29(26,27)24-11-13-28-14-12-24/h1-10H,11-14H2. The number of morpholine rings is 1. The smallest absolute Gasteiger partial charge is 0.379 e. The zero-order valence-corrected chi connectivity index (χ0v) is 16.0. The van der Waals surface area contributed by atoms with Crippen LogP contribution in [-0.4, -0.2) is 44.8 Å². The summed E-state index contributed by atoms with van der Waals surface area (Å²) in [5.41, 5.74) is -0.0509. The van der Waals surface area contributed by atoms with Gasteiger partial charge in [0, 0.05) is 18.7 Å². The molecule has 1 fully saturated rings. The first-order valence-electron chi connectivity index (χ1n) is 8.75. The van der Waals surface area contributed by atoms with Crippen LogP contribution in [0.3, 0.4) is 0 Å². The number of allylic oxidation sites excluding steroid dienone is 1. The Morgan fingerprint density at radius 3 is 2.10 bits per heavy atom. The number of hydrogen-bond acceptors (Lipinski definition) is 4. The van der Waals surface area contributed by atoms with Crippen molar-refractivity contribution in [1.82, 2.24) is 4.31 Å². The van der Waals surface area contributed by atoms with E-state index in [1.807, 2.05) is 0 Å². The van der Waals surface area contributed by atoms with Crippen LogP contribution in [0.15, 0.2) is 59.5 Å². The van der Waals surface area contributed by atoms with Crippen LogP contribution in [0.2, 0.25) is 0 Å². The molecule has 0 aliphatic carbocycles. The number of halogens is 3. The van der Waals surface area contributed by atoms with Crippen molar-refractivity contribution in [2.24, 2.45) is 0 Å². The highest BCUT2D eigenvalue weighted by Gasteiger charge is 2.30. The Kier molecular flexibility index (Phi) is 6.21. The third-order valence-electron chi connectivity index (χ3n) is 4.41. The van der Waals surface area contributed by atoms with Crippen molar-refractivity contribution in [1.29, 1.82) is 0 Å². The van der Waals surface area contributed by atoms with Crippen molar-refractivity contribution < 1.29 is 31.1 Å². The zero-order valence-electron chi connectivity index (χ0n) is 15.2. The van der Waals surface area contributed by atoms with E-state index in [2.05, 4.69) is 0 Å². The molecule has 0 radical (unpaired) electrons. The average Bonchev–Trinajstić information content (AvgIpc) is 2.72. The molecule has 0 saturated carbocycles. The van der Waals surface area contributed by atoms with E-state index in [1.54, 1.807) is 0 Å². The van der Waals surface area contributed by atoms with E-state index in [0.717, 1.165) is 12.1 Å². The molecule has 5 nitrogen and oxygen atoms in total. The van der Waals surface area contributed by atoms with Crippen molar-refractivity contribution in [3.8, 4) is 0 Å². The van der Waals surface area contributed by atoms with Crippen molar-refractivity contribution in [2.75, 3.05) is 26.3 Å². The highest BCUT2D eigenvalue weighted by atomic mass is 32.2. The van der Waals surface area contributed by atoms with Crippen LogP contribution >= 0.6 is 0 Å². The van der Waals surface area contributed by atoms with E-state index >= 15 is 0 Å². The molecule has 3 rings (SSSR count). The van der Waals surface area contributed by atoms with E-state index < -0.39 is 21.8 Å². The quantitative estimate of drug-likeness (QED) is 0.542. The van der Waals surface area contributed by atoms with Crippen LogP contribution in [-0.2, 0) is 20.9 Å². The van der Waals surface area contributed by atoms with Gasteiger partial charge in [0.25, 0.3) is 0 Å². The van der Waals surface area contributed by atoms with E-state index in [1.165, 1.54) is 52.9 Å². The number of carbonyl (C=O) groups excluding carboxylic acids is 1. The molecule has 9 heteroatoms. The second-order valence-electron chi connectivity index (χ2n) is 6.36. The minimum atomic E-state index is -4.42. The van der Waals surface area contributed by atoms with Gasteiger partial charge in [0.05, 0.1) is 23.7 Å². The molecule has 0 unspecified atom stereocenters. The van der Waals surface area contributed by atoms with Gasteiger partial charge in [-0.15, -0.1) is 0 Å². The summed E-state index contributed by atoms with van der Waals surface area (Å²) >= 11 is 0. The van der Waals surface area contributed by atoms with Crippen molar-refractivity contribution in [2.45, 2.75) is 11.1 Å². The van der Waals surface area contributed by atoms with E-state index in [0.29, 0.717) is 18.8 Å². The Morgan fingerprint density at radius 2 is 1.55 bits per heavy atom. The normalized spacial score (nSPS) is 16.2. The summed E-state index contributed by atoms with van der Waals surface area (Å²) in [6.07, 6.45) is -1.78. The molecule has 0 N–H and O–H groups in total. The molecule has 1 heterocycles. The predicted molar refractivity (Wildman–Crippen MR) is 101 cm³/mol. The summed E-state index contributed by atoms with van der Waals surface area (Å²) in [5.74, 6) is -0.389. The molecule has 0 spiro atoms. The van der Waals surface area contributed by atoms with Crippen LogP contribution in [0, 0.1) is 0 Å². The first-order valence-corrected chi connectivity index (χ1v) is 10.2. The monoisotopic (exact) mass is 425 g/mol. The van der Waals surface area contributed by atoms with Crippen molar-refractivity contribution >= 4 is 21.9 Å². The molecule has 0 amide bonds. The molecule has 1 aliphatic heterocycles. The number of ether oxygens (including phenoxy) is 1. The molecular formula is C20H18F3NO4S. The Balaban J connectivity index is 1.69. The Morgan fingerprint density at radius 1 is 0.966 bits per heavy atom. The SMILES string of the molecule is O=C(C=Cc1ccc(C(F)(F)F)cc1)c1ccc(S(=O)(=O)N2CCOCC2)cc1. The van der Waals surface area contributed by atoms with Gasteiger partial charge in [0.1, 0.15) is 0 Å². The van der Waals surface area contributed by atoms with Gasteiger partial charge in [-0.1, -0.05) is 18.2 Å². The Bertz CT molecular complexity index is 992. The first kappa shape index (κ1) is 21.2. The maximum atomic E-state index is 12.6. The molecular weight excluding hydrogens is 407 g/mol. The second-order valence-corrected chi connectivity index (χ2v) is 8.30. The lowest BCUT2D eigenvalue weighted by Crippen LogP contribution is -2.40. The maximum absolute atomic E-state index is 12.6. The molecule has 2 aromatic rings. The summed E-state index contributed by atoms with van der Waals surface area (Å²) in [7, 11) is -3.64. The number of ketones is 1. The van der Waals surface area contributed by atoms with Crippen LogP contribution in [0.25, 0.3) is 6.08 Å². The fourth-order valence-electron chi connectivity index (χ4n) is 2.78. The molecule has 0 aromatic heterocycles. The number of benzene rings is 2. The van der Waals surface area contributed by atoms with Crippen molar-refractivity contribution in [3.63, 3.8) is 0 Å². The van der Waals surface area contributed by atoms with Crippen LogP contribution in [0.5, 0.6) is 0 Å². The highest BCUT2D eigenvalue weighted by Crippen LogP contribution is 2.29. The molecule has 154 valence electrons. The third kappa shape index (κ3) is 5.11. The van der Waals surface area contributed by atoms with Crippen LogP contribution in [0.1, 0.15) is 21.5 Å². The van der Waals surface area contributed by atoms with Crippen LogP contribution in [0.4, 0.5) is 13.2 Å². The molecule has 1 saturated heterocycles. The summed E-state index contributed by atoms with van der Waals surface area (Å²) in [4.78, 5) is 12.3. The van der Waals surface area contributed by atoms with E-state index in [9.17, 15) is 26.4 Å². The van der Waals surface area contributed by atoms with Gasteiger partial charge in [-0.3, -0.25) is 4.79 Å². The topological polar surface area (TPSA) is 63.7 Å². The number of carbonyl (C=O) groups is 1. The number of rotatable bonds is 5.